The lowest BCUT2D eigenvalue weighted by Crippen LogP contribution is -2.10. The number of nitrogens with zero attached hydrogens (tertiary/aromatic N) is 1. The van der Waals surface area contributed by atoms with E-state index in [1.807, 2.05) is 19.0 Å². The Balaban J connectivity index is 3.50. The Morgan fingerprint density at radius 1 is 1.67 bits per heavy atom. The second-order valence-electron chi connectivity index (χ2n) is 1.81. The van der Waals surface area contributed by atoms with Crippen molar-refractivity contribution in [2.24, 2.45) is 0 Å². The minimum Gasteiger partial charge on any atom is -0.299 e. The zero-order valence-electron chi connectivity index (χ0n) is 5.44. The van der Waals surface area contributed by atoms with E-state index in [-0.39, 0.29) is 3.79 Å². The summed E-state index contributed by atoms with van der Waals surface area (Å²) in [6, 6.07) is 0. The number of halogens is 1. The van der Waals surface area contributed by atoms with Gasteiger partial charge in [0.25, 0.3) is 3.79 Å². The Bertz CT molecular complexity index is 154. The molecule has 0 fully saturated rings. The molecule has 0 aliphatic rings. The molecule has 0 amide bonds. The van der Waals surface area contributed by atoms with Crippen molar-refractivity contribution in [1.29, 1.82) is 0 Å². The molecule has 0 aromatic carbocycles. The van der Waals surface area contributed by atoms with E-state index in [1.54, 1.807) is 22.6 Å². The van der Waals surface area contributed by atoms with Crippen LogP contribution >= 0.6 is 22.6 Å². The molecule has 0 heterocycles. The molecule has 0 N–H and O–H groups in total. The minimum absolute atomic E-state index is 0.102. The smallest absolute Gasteiger partial charge is 0.264 e. The molecule has 2 nitrogen and oxygen atoms in total. The lowest BCUT2D eigenvalue weighted by atomic mass is 10.5. The molecule has 0 bridgehead atoms. The molecule has 0 spiro atoms. The van der Waals surface area contributed by atoms with Crippen molar-refractivity contribution in [3.63, 3.8) is 0 Å². The molecular formula is C6H8INO. The maximum absolute atomic E-state index is 10.2. The number of carbonyl (C=O) groups excluding carboxylic acids is 1. The van der Waals surface area contributed by atoms with E-state index in [2.05, 4.69) is 11.8 Å². The van der Waals surface area contributed by atoms with E-state index in [9.17, 15) is 4.79 Å². The van der Waals surface area contributed by atoms with Crippen molar-refractivity contribution in [2.45, 2.75) is 0 Å². The van der Waals surface area contributed by atoms with Crippen molar-refractivity contribution < 1.29 is 4.79 Å². The largest absolute Gasteiger partial charge is 0.299 e. The van der Waals surface area contributed by atoms with Gasteiger partial charge in [0.15, 0.2) is 0 Å². The first-order valence-corrected chi connectivity index (χ1v) is 3.54. The molecule has 0 aromatic rings. The van der Waals surface area contributed by atoms with Crippen LogP contribution in [-0.2, 0) is 4.79 Å². The molecular weight excluding hydrogens is 229 g/mol. The SMILES string of the molecule is CN(C)CC#CC(=O)I. The highest BCUT2D eigenvalue weighted by Crippen LogP contribution is 1.80. The minimum atomic E-state index is -0.102. The number of hydrogen-bond donors (Lipinski definition) is 0. The fraction of sp³-hybridized carbons (Fsp3) is 0.500. The van der Waals surface area contributed by atoms with Gasteiger partial charge in [-0.1, -0.05) is 5.92 Å². The zero-order chi connectivity index (χ0) is 7.28. The summed E-state index contributed by atoms with van der Waals surface area (Å²) in [6.07, 6.45) is 0. The summed E-state index contributed by atoms with van der Waals surface area (Å²) in [6.45, 7) is 0.648. The van der Waals surface area contributed by atoms with Gasteiger partial charge in [-0.2, -0.15) is 0 Å². The number of hydrogen-bond acceptors (Lipinski definition) is 2. The Morgan fingerprint density at radius 2 is 2.22 bits per heavy atom. The lowest BCUT2D eigenvalue weighted by Gasteiger charge is -1.99. The summed E-state index contributed by atoms with van der Waals surface area (Å²) < 4.78 is -0.102. The number of carbonyl (C=O) groups is 1. The van der Waals surface area contributed by atoms with Crippen molar-refractivity contribution >= 4 is 26.4 Å². The van der Waals surface area contributed by atoms with Crippen molar-refractivity contribution in [3.8, 4) is 11.8 Å². The average Bonchev–Trinajstić information content (AvgIpc) is 1.63. The fourth-order valence-corrected chi connectivity index (χ4v) is 0.458. The highest BCUT2D eigenvalue weighted by molar-refractivity contribution is 14.1. The van der Waals surface area contributed by atoms with Crippen molar-refractivity contribution in [1.82, 2.24) is 4.90 Å². The van der Waals surface area contributed by atoms with Crippen molar-refractivity contribution in [3.05, 3.63) is 0 Å². The van der Waals surface area contributed by atoms with Crippen LogP contribution in [-0.4, -0.2) is 29.3 Å². The molecule has 0 aromatic heterocycles. The predicted molar refractivity (Wildman–Crippen MR) is 45.4 cm³/mol. The van der Waals surface area contributed by atoms with Gasteiger partial charge in [0, 0.05) is 22.6 Å². The Hall–Kier alpha value is -0.0800. The van der Waals surface area contributed by atoms with Gasteiger partial charge in [0.2, 0.25) is 0 Å². The first-order chi connectivity index (χ1) is 4.13. The molecule has 0 unspecified atom stereocenters. The standard InChI is InChI=1S/C6H8INO/c1-8(2)5-3-4-6(7)9/h5H2,1-2H3. The highest BCUT2D eigenvalue weighted by Gasteiger charge is 1.83. The summed E-state index contributed by atoms with van der Waals surface area (Å²) >= 11 is 1.66. The van der Waals surface area contributed by atoms with E-state index in [4.69, 9.17) is 0 Å². The van der Waals surface area contributed by atoms with Crippen LogP contribution < -0.4 is 0 Å². The summed E-state index contributed by atoms with van der Waals surface area (Å²) in [7, 11) is 3.82. The van der Waals surface area contributed by atoms with Gasteiger partial charge in [-0.15, -0.1) is 0 Å². The Morgan fingerprint density at radius 3 is 2.56 bits per heavy atom. The third kappa shape index (κ3) is 7.92. The maximum Gasteiger partial charge on any atom is 0.264 e. The molecule has 0 radical (unpaired) electrons. The van der Waals surface area contributed by atoms with Gasteiger partial charge in [0.05, 0.1) is 6.54 Å². The van der Waals surface area contributed by atoms with Gasteiger partial charge in [-0.3, -0.25) is 9.69 Å². The normalized spacial score (nSPS) is 8.44. The van der Waals surface area contributed by atoms with Gasteiger partial charge in [0.1, 0.15) is 0 Å². The molecule has 0 aliphatic heterocycles. The molecule has 9 heavy (non-hydrogen) atoms. The quantitative estimate of drug-likeness (QED) is 0.376. The van der Waals surface area contributed by atoms with Crippen molar-refractivity contribution in [2.75, 3.05) is 20.6 Å². The summed E-state index contributed by atoms with van der Waals surface area (Å²) in [4.78, 5) is 12.1. The lowest BCUT2D eigenvalue weighted by molar-refractivity contribution is -0.104. The first-order valence-electron chi connectivity index (χ1n) is 2.46. The third-order valence-electron chi connectivity index (χ3n) is 0.582. The van der Waals surface area contributed by atoms with Crippen LogP contribution in [0.1, 0.15) is 0 Å². The van der Waals surface area contributed by atoms with Gasteiger partial charge in [-0.05, 0) is 20.0 Å². The molecule has 3 heteroatoms. The molecule has 0 saturated heterocycles. The predicted octanol–water partition coefficient (Wildman–Crippen LogP) is 0.513. The first kappa shape index (κ1) is 8.92. The molecule has 0 rings (SSSR count). The third-order valence-corrected chi connectivity index (χ3v) is 0.852. The van der Waals surface area contributed by atoms with E-state index < -0.39 is 0 Å². The Kier molecular flexibility index (Phi) is 4.72. The van der Waals surface area contributed by atoms with Crippen LogP contribution in [0.2, 0.25) is 0 Å². The second-order valence-corrected chi connectivity index (χ2v) is 2.79. The molecule has 50 valence electrons. The van der Waals surface area contributed by atoms with Gasteiger partial charge < -0.3 is 0 Å². The number of rotatable bonds is 1. The van der Waals surface area contributed by atoms with Crippen LogP contribution in [0.5, 0.6) is 0 Å². The molecule has 0 saturated carbocycles. The molecule has 0 aliphatic carbocycles. The molecule has 0 atom stereocenters. The maximum atomic E-state index is 10.2. The van der Waals surface area contributed by atoms with Gasteiger partial charge in [-0.25, -0.2) is 0 Å². The van der Waals surface area contributed by atoms with Crippen LogP contribution in [0, 0.1) is 11.8 Å². The Labute approximate surface area is 68.7 Å². The van der Waals surface area contributed by atoms with E-state index in [0.717, 1.165) is 0 Å². The van der Waals surface area contributed by atoms with E-state index in [0.29, 0.717) is 6.54 Å². The zero-order valence-corrected chi connectivity index (χ0v) is 7.60. The van der Waals surface area contributed by atoms with E-state index in [1.165, 1.54) is 0 Å². The van der Waals surface area contributed by atoms with E-state index >= 15 is 0 Å². The average molecular weight is 237 g/mol. The van der Waals surface area contributed by atoms with Crippen LogP contribution in [0.3, 0.4) is 0 Å². The van der Waals surface area contributed by atoms with Gasteiger partial charge >= 0.3 is 0 Å². The summed E-state index contributed by atoms with van der Waals surface area (Å²) in [5, 5.41) is 0. The van der Waals surface area contributed by atoms with Crippen LogP contribution in [0.15, 0.2) is 0 Å². The highest BCUT2D eigenvalue weighted by atomic mass is 127. The fourth-order valence-electron chi connectivity index (χ4n) is 0.267. The van der Waals surface area contributed by atoms with Crippen LogP contribution in [0.4, 0.5) is 0 Å². The summed E-state index contributed by atoms with van der Waals surface area (Å²) in [5.74, 6) is 5.14. The second kappa shape index (κ2) is 4.77. The van der Waals surface area contributed by atoms with Crippen LogP contribution in [0.25, 0.3) is 0 Å². The topological polar surface area (TPSA) is 20.3 Å². The monoisotopic (exact) mass is 237 g/mol. The summed E-state index contributed by atoms with van der Waals surface area (Å²) in [5.41, 5.74) is 0.